The lowest BCUT2D eigenvalue weighted by atomic mass is 10.1. The fourth-order valence-electron chi connectivity index (χ4n) is 3.75. The van der Waals surface area contributed by atoms with E-state index in [4.69, 9.17) is 9.15 Å². The van der Waals surface area contributed by atoms with Crippen LogP contribution >= 0.6 is 0 Å². The lowest BCUT2D eigenvalue weighted by Crippen LogP contribution is -2.46. The van der Waals surface area contributed by atoms with Gasteiger partial charge in [0, 0.05) is 38.3 Å². The number of nitrogens with zero attached hydrogens (tertiary/aromatic N) is 4. The molecule has 6 nitrogen and oxygen atoms in total. The largest absolute Gasteiger partial charge is 0.497 e. The molecule has 1 saturated heterocycles. The molecule has 0 amide bonds. The summed E-state index contributed by atoms with van der Waals surface area (Å²) in [5.41, 5.74) is 3.68. The highest BCUT2D eigenvalue weighted by atomic mass is 16.5. The molecule has 2 heterocycles. The number of aromatic nitrogens is 2. The molecule has 0 spiro atoms. The zero-order valence-corrected chi connectivity index (χ0v) is 17.3. The number of piperazine rings is 1. The van der Waals surface area contributed by atoms with E-state index in [0.717, 1.165) is 44.0 Å². The highest BCUT2D eigenvalue weighted by molar-refractivity contribution is 5.53. The van der Waals surface area contributed by atoms with Crippen molar-refractivity contribution in [2.75, 3.05) is 33.3 Å². The van der Waals surface area contributed by atoms with Gasteiger partial charge in [0.1, 0.15) is 5.75 Å². The zero-order chi connectivity index (χ0) is 20.2. The summed E-state index contributed by atoms with van der Waals surface area (Å²) in [6, 6.07) is 16.4. The number of aryl methyl sites for hydroxylation is 1. The number of methoxy groups -OCH3 is 1. The Balaban J connectivity index is 1.35. The summed E-state index contributed by atoms with van der Waals surface area (Å²) in [6.07, 6.45) is 0. The highest BCUT2D eigenvalue weighted by Gasteiger charge is 2.26. The minimum absolute atomic E-state index is 0.107. The summed E-state index contributed by atoms with van der Waals surface area (Å²) in [6.45, 7) is 9.40. The Morgan fingerprint density at radius 1 is 1.00 bits per heavy atom. The Hall–Kier alpha value is -2.70. The molecule has 1 atom stereocenters. The fourth-order valence-corrected chi connectivity index (χ4v) is 3.75. The second-order valence-electron chi connectivity index (χ2n) is 7.59. The van der Waals surface area contributed by atoms with Gasteiger partial charge < -0.3 is 9.15 Å². The summed E-state index contributed by atoms with van der Waals surface area (Å²) < 4.78 is 11.2. The third-order valence-corrected chi connectivity index (χ3v) is 5.74. The van der Waals surface area contributed by atoms with E-state index >= 15 is 0 Å². The predicted molar refractivity (Wildman–Crippen MR) is 113 cm³/mol. The van der Waals surface area contributed by atoms with Crippen molar-refractivity contribution in [3.63, 3.8) is 0 Å². The normalized spacial score (nSPS) is 16.7. The number of ether oxygens (including phenoxy) is 1. The summed E-state index contributed by atoms with van der Waals surface area (Å²) in [4.78, 5) is 4.93. The van der Waals surface area contributed by atoms with E-state index in [1.54, 1.807) is 7.11 Å². The van der Waals surface area contributed by atoms with Crippen molar-refractivity contribution < 1.29 is 9.15 Å². The highest BCUT2D eigenvalue weighted by Crippen LogP contribution is 2.26. The van der Waals surface area contributed by atoms with Crippen LogP contribution in [0.25, 0.3) is 11.5 Å². The second kappa shape index (κ2) is 8.76. The van der Waals surface area contributed by atoms with Crippen molar-refractivity contribution in [2.24, 2.45) is 0 Å². The maximum absolute atomic E-state index is 5.98. The number of hydrogen-bond donors (Lipinski definition) is 0. The first-order valence-corrected chi connectivity index (χ1v) is 10.1. The third-order valence-electron chi connectivity index (χ3n) is 5.74. The van der Waals surface area contributed by atoms with Crippen molar-refractivity contribution in [3.05, 3.63) is 65.5 Å². The van der Waals surface area contributed by atoms with E-state index in [-0.39, 0.29) is 6.04 Å². The Morgan fingerprint density at radius 2 is 1.72 bits per heavy atom. The fraction of sp³-hybridized carbons (Fsp3) is 0.391. The van der Waals surface area contributed by atoms with Crippen LogP contribution in [0.2, 0.25) is 0 Å². The molecular formula is C23H28N4O2. The molecule has 152 valence electrons. The van der Waals surface area contributed by atoms with Crippen LogP contribution < -0.4 is 4.74 Å². The Labute approximate surface area is 172 Å². The molecule has 1 aromatic heterocycles. The summed E-state index contributed by atoms with van der Waals surface area (Å²) in [5, 5.41) is 8.55. The molecular weight excluding hydrogens is 364 g/mol. The molecule has 0 unspecified atom stereocenters. The van der Waals surface area contributed by atoms with Crippen LogP contribution in [-0.2, 0) is 6.54 Å². The van der Waals surface area contributed by atoms with Crippen LogP contribution in [0.1, 0.15) is 30.0 Å². The molecule has 0 saturated carbocycles. The quantitative estimate of drug-likeness (QED) is 0.634. The van der Waals surface area contributed by atoms with E-state index in [0.29, 0.717) is 11.8 Å². The van der Waals surface area contributed by atoms with Gasteiger partial charge in [-0.1, -0.05) is 24.3 Å². The SMILES string of the molecule is COc1ccc(-c2nnc([C@H](C)N3CCN(Cc4ccccc4C)CC3)o2)cc1. The Kier molecular flexibility index (Phi) is 5.92. The average molecular weight is 393 g/mol. The molecule has 3 aromatic rings. The molecule has 0 aliphatic carbocycles. The van der Waals surface area contributed by atoms with E-state index < -0.39 is 0 Å². The third kappa shape index (κ3) is 4.49. The standard InChI is InChI=1S/C23H28N4O2/c1-17-6-4-5-7-20(17)16-26-12-14-27(15-13-26)18(2)22-24-25-23(29-22)19-8-10-21(28-3)11-9-19/h4-11,18H,12-16H2,1-3H3/t18-/m0/s1. The smallest absolute Gasteiger partial charge is 0.247 e. The average Bonchev–Trinajstić information content (AvgIpc) is 3.26. The predicted octanol–water partition coefficient (Wildman–Crippen LogP) is 3.93. The molecule has 6 heteroatoms. The van der Waals surface area contributed by atoms with Gasteiger partial charge in [-0.05, 0) is 49.2 Å². The number of hydrogen-bond acceptors (Lipinski definition) is 6. The molecule has 29 heavy (non-hydrogen) atoms. The summed E-state index contributed by atoms with van der Waals surface area (Å²) >= 11 is 0. The molecule has 2 aromatic carbocycles. The lowest BCUT2D eigenvalue weighted by molar-refractivity contribution is 0.0875. The Bertz CT molecular complexity index is 930. The van der Waals surface area contributed by atoms with Crippen LogP contribution in [-0.4, -0.2) is 53.3 Å². The second-order valence-corrected chi connectivity index (χ2v) is 7.59. The minimum atomic E-state index is 0.107. The molecule has 1 fully saturated rings. The van der Waals surface area contributed by atoms with E-state index in [2.05, 4.69) is 58.1 Å². The summed E-state index contributed by atoms with van der Waals surface area (Å²) in [7, 11) is 1.66. The molecule has 1 aliphatic rings. The van der Waals surface area contributed by atoms with Gasteiger partial charge in [-0.25, -0.2) is 0 Å². The molecule has 4 rings (SSSR count). The van der Waals surface area contributed by atoms with Gasteiger partial charge in [0.05, 0.1) is 13.2 Å². The van der Waals surface area contributed by atoms with Gasteiger partial charge in [0.15, 0.2) is 0 Å². The van der Waals surface area contributed by atoms with Gasteiger partial charge >= 0.3 is 0 Å². The van der Waals surface area contributed by atoms with E-state index in [1.807, 2.05) is 24.3 Å². The van der Waals surface area contributed by atoms with Crippen molar-refractivity contribution in [1.82, 2.24) is 20.0 Å². The zero-order valence-electron chi connectivity index (χ0n) is 17.3. The monoisotopic (exact) mass is 392 g/mol. The number of benzene rings is 2. The molecule has 0 N–H and O–H groups in total. The first kappa shape index (κ1) is 19.6. The Morgan fingerprint density at radius 3 is 2.41 bits per heavy atom. The van der Waals surface area contributed by atoms with E-state index in [1.165, 1.54) is 11.1 Å². The van der Waals surface area contributed by atoms with Crippen molar-refractivity contribution in [2.45, 2.75) is 26.4 Å². The van der Waals surface area contributed by atoms with Crippen LogP contribution in [0.15, 0.2) is 52.9 Å². The van der Waals surface area contributed by atoms with Crippen molar-refractivity contribution in [1.29, 1.82) is 0 Å². The van der Waals surface area contributed by atoms with Crippen LogP contribution in [0, 0.1) is 6.92 Å². The van der Waals surface area contributed by atoms with E-state index in [9.17, 15) is 0 Å². The van der Waals surface area contributed by atoms with Gasteiger partial charge in [0.2, 0.25) is 11.8 Å². The first-order valence-electron chi connectivity index (χ1n) is 10.1. The van der Waals surface area contributed by atoms with Gasteiger partial charge in [-0.3, -0.25) is 9.80 Å². The number of rotatable bonds is 6. The first-order chi connectivity index (χ1) is 14.1. The van der Waals surface area contributed by atoms with Crippen LogP contribution in [0.5, 0.6) is 5.75 Å². The summed E-state index contributed by atoms with van der Waals surface area (Å²) in [5.74, 6) is 2.03. The van der Waals surface area contributed by atoms with Crippen LogP contribution in [0.3, 0.4) is 0 Å². The van der Waals surface area contributed by atoms with Crippen LogP contribution in [0.4, 0.5) is 0 Å². The lowest BCUT2D eigenvalue weighted by Gasteiger charge is -2.37. The van der Waals surface area contributed by atoms with Gasteiger partial charge in [0.25, 0.3) is 0 Å². The van der Waals surface area contributed by atoms with Gasteiger partial charge in [-0.2, -0.15) is 0 Å². The molecule has 0 radical (unpaired) electrons. The maximum atomic E-state index is 5.98. The molecule has 0 bridgehead atoms. The van der Waals surface area contributed by atoms with Crippen molar-refractivity contribution >= 4 is 0 Å². The maximum Gasteiger partial charge on any atom is 0.247 e. The topological polar surface area (TPSA) is 54.6 Å². The molecule has 1 aliphatic heterocycles. The minimum Gasteiger partial charge on any atom is -0.497 e. The van der Waals surface area contributed by atoms with Gasteiger partial charge in [-0.15, -0.1) is 10.2 Å². The van der Waals surface area contributed by atoms with Crippen molar-refractivity contribution in [3.8, 4) is 17.2 Å².